The molecule has 2 heterocycles. The number of para-hydroxylation sites is 1. The molecule has 7 nitrogen and oxygen atoms in total. The molecular weight excluding hydrogens is 508 g/mol. The molecule has 0 bridgehead atoms. The summed E-state index contributed by atoms with van der Waals surface area (Å²) in [6, 6.07) is 11.3. The van der Waals surface area contributed by atoms with E-state index in [0.717, 1.165) is 34.4 Å². The van der Waals surface area contributed by atoms with Crippen molar-refractivity contribution >= 4 is 50.4 Å². The second kappa shape index (κ2) is 9.84. The molecule has 2 aromatic carbocycles. The van der Waals surface area contributed by atoms with Gasteiger partial charge in [0, 0.05) is 52.8 Å². The van der Waals surface area contributed by atoms with Crippen LogP contribution < -0.4 is 10.2 Å². The number of aromatic nitrogens is 2. The fraction of sp³-hybridized carbons (Fsp3) is 0.250. The number of hydrogen-bond donors (Lipinski definition) is 3. The second-order valence-electron chi connectivity index (χ2n) is 7.96. The number of fused-ring (bicyclic) bond motifs is 1. The maximum Gasteiger partial charge on any atom is 0.379 e. The van der Waals surface area contributed by atoms with Gasteiger partial charge in [-0.15, -0.1) is 0 Å². The Kier molecular flexibility index (Phi) is 6.87. The zero-order chi connectivity index (χ0) is 24.3. The standard InChI is InChI=1S/C24H22BrF2N5O2/c25-19-5-2-6-20-22(19)31-21(14-30-20)15(12-28)13-29-17-7-9-32(10-8-17)18-4-1-3-16(11-18)24(26,27)23(33)34/h1-6,11-14,17,28-29H,7-10H2,(H,33,34)/b15-13+,28-12?. The summed E-state index contributed by atoms with van der Waals surface area (Å²) >= 11 is 3.48. The van der Waals surface area contributed by atoms with Crippen molar-refractivity contribution in [3.8, 4) is 0 Å². The lowest BCUT2D eigenvalue weighted by molar-refractivity contribution is -0.166. The highest BCUT2D eigenvalue weighted by molar-refractivity contribution is 9.10. The quantitative estimate of drug-likeness (QED) is 0.379. The number of carboxylic acids is 1. The Bertz CT molecular complexity index is 1260. The number of nitrogens with one attached hydrogen (secondary N) is 2. The third-order valence-corrected chi connectivity index (χ3v) is 6.43. The number of piperidine rings is 1. The lowest BCUT2D eigenvalue weighted by atomic mass is 10.0. The number of allylic oxidation sites excluding steroid dienone is 1. The molecule has 176 valence electrons. The zero-order valence-corrected chi connectivity index (χ0v) is 19.6. The SMILES string of the molecule is N=C/C(=C\NC1CCN(c2cccc(C(F)(F)C(=O)O)c2)CC1)c1cnc2cccc(Br)c2n1. The van der Waals surface area contributed by atoms with Crippen molar-refractivity contribution in [2.45, 2.75) is 24.8 Å². The Hall–Kier alpha value is -3.40. The minimum atomic E-state index is -3.93. The van der Waals surface area contributed by atoms with Crippen LogP contribution in [0.4, 0.5) is 14.5 Å². The summed E-state index contributed by atoms with van der Waals surface area (Å²) in [4.78, 5) is 21.9. The summed E-state index contributed by atoms with van der Waals surface area (Å²) in [5.74, 6) is -6.09. The molecular formula is C24H22BrF2N5O2. The predicted octanol–water partition coefficient (Wildman–Crippen LogP) is 4.82. The first-order valence-electron chi connectivity index (χ1n) is 10.6. The molecule has 1 aliphatic rings. The lowest BCUT2D eigenvalue weighted by Gasteiger charge is -2.34. The van der Waals surface area contributed by atoms with Crippen LogP contribution in [0.15, 0.2) is 59.3 Å². The maximum absolute atomic E-state index is 13.9. The molecule has 0 aliphatic carbocycles. The van der Waals surface area contributed by atoms with Crippen molar-refractivity contribution in [2.75, 3.05) is 18.0 Å². The van der Waals surface area contributed by atoms with Crippen molar-refractivity contribution in [1.82, 2.24) is 15.3 Å². The topological polar surface area (TPSA) is 102 Å². The summed E-state index contributed by atoms with van der Waals surface area (Å²) in [6.07, 6.45) is 6.11. The summed E-state index contributed by atoms with van der Waals surface area (Å²) in [7, 11) is 0. The maximum atomic E-state index is 13.9. The van der Waals surface area contributed by atoms with Crippen LogP contribution in [0, 0.1) is 5.41 Å². The average molecular weight is 530 g/mol. The number of aliphatic carboxylic acids is 1. The molecule has 1 aromatic heterocycles. The highest BCUT2D eigenvalue weighted by Gasteiger charge is 2.41. The molecule has 3 N–H and O–H groups in total. The number of rotatable bonds is 7. The van der Waals surface area contributed by atoms with Gasteiger partial charge in [0.25, 0.3) is 0 Å². The van der Waals surface area contributed by atoms with Gasteiger partial charge in [-0.25, -0.2) is 9.78 Å². The molecule has 1 saturated heterocycles. The monoisotopic (exact) mass is 529 g/mol. The number of benzene rings is 2. The van der Waals surface area contributed by atoms with Gasteiger partial charge in [-0.05, 0) is 53.0 Å². The molecule has 0 saturated carbocycles. The van der Waals surface area contributed by atoms with Crippen LogP contribution in [-0.4, -0.2) is 46.4 Å². The van der Waals surface area contributed by atoms with E-state index in [1.54, 1.807) is 18.5 Å². The van der Waals surface area contributed by atoms with Crippen LogP contribution in [0.25, 0.3) is 16.6 Å². The van der Waals surface area contributed by atoms with E-state index in [1.165, 1.54) is 18.3 Å². The highest BCUT2D eigenvalue weighted by Crippen LogP contribution is 2.31. The molecule has 4 rings (SSSR count). The Morgan fingerprint density at radius 1 is 1.24 bits per heavy atom. The summed E-state index contributed by atoms with van der Waals surface area (Å²) < 4.78 is 28.6. The highest BCUT2D eigenvalue weighted by atomic mass is 79.9. The van der Waals surface area contributed by atoms with E-state index in [4.69, 9.17) is 10.5 Å². The van der Waals surface area contributed by atoms with E-state index < -0.39 is 17.5 Å². The summed E-state index contributed by atoms with van der Waals surface area (Å²) in [6.45, 7) is 1.24. The summed E-state index contributed by atoms with van der Waals surface area (Å²) in [5, 5.41) is 19.9. The number of hydrogen-bond acceptors (Lipinski definition) is 6. The van der Waals surface area contributed by atoms with Crippen molar-refractivity contribution in [3.05, 3.63) is 70.6 Å². The third-order valence-electron chi connectivity index (χ3n) is 5.79. The van der Waals surface area contributed by atoms with E-state index in [9.17, 15) is 13.6 Å². The molecule has 0 spiro atoms. The largest absolute Gasteiger partial charge is 0.477 e. The molecule has 0 amide bonds. The number of anilines is 1. The van der Waals surface area contributed by atoms with Gasteiger partial charge in [0.2, 0.25) is 0 Å². The third kappa shape index (κ3) is 4.91. The lowest BCUT2D eigenvalue weighted by Crippen LogP contribution is -2.41. The molecule has 0 unspecified atom stereocenters. The molecule has 34 heavy (non-hydrogen) atoms. The Balaban J connectivity index is 1.42. The molecule has 10 heteroatoms. The molecule has 0 atom stereocenters. The van der Waals surface area contributed by atoms with Crippen LogP contribution in [-0.2, 0) is 10.7 Å². The van der Waals surface area contributed by atoms with Gasteiger partial charge >= 0.3 is 11.9 Å². The van der Waals surface area contributed by atoms with Crippen LogP contribution in [0.5, 0.6) is 0 Å². The minimum Gasteiger partial charge on any atom is -0.477 e. The number of nitrogens with zero attached hydrogens (tertiary/aromatic N) is 3. The van der Waals surface area contributed by atoms with Gasteiger partial charge in [-0.1, -0.05) is 18.2 Å². The minimum absolute atomic E-state index is 0.134. The van der Waals surface area contributed by atoms with Crippen molar-refractivity contribution in [2.24, 2.45) is 0 Å². The normalized spacial score (nSPS) is 15.4. The smallest absolute Gasteiger partial charge is 0.379 e. The Labute approximate surface area is 203 Å². The van der Waals surface area contributed by atoms with Gasteiger partial charge in [0.1, 0.15) is 5.52 Å². The van der Waals surface area contributed by atoms with Crippen LogP contribution in [0.3, 0.4) is 0 Å². The summed E-state index contributed by atoms with van der Waals surface area (Å²) in [5.41, 5.74) is 2.69. The van der Waals surface area contributed by atoms with Gasteiger partial charge in [0.05, 0.1) is 17.4 Å². The van der Waals surface area contributed by atoms with E-state index in [0.29, 0.717) is 30.0 Å². The van der Waals surface area contributed by atoms with E-state index in [2.05, 4.69) is 31.2 Å². The molecule has 1 fully saturated rings. The first kappa shape index (κ1) is 23.7. The van der Waals surface area contributed by atoms with Gasteiger partial charge < -0.3 is 20.7 Å². The number of halogens is 3. The van der Waals surface area contributed by atoms with Crippen molar-refractivity contribution in [3.63, 3.8) is 0 Å². The van der Waals surface area contributed by atoms with Gasteiger partial charge in [-0.2, -0.15) is 8.78 Å². The van der Waals surface area contributed by atoms with Gasteiger partial charge in [0.15, 0.2) is 0 Å². The Morgan fingerprint density at radius 2 is 1.97 bits per heavy atom. The number of carbonyl (C=O) groups is 1. The molecule has 0 radical (unpaired) electrons. The van der Waals surface area contributed by atoms with Gasteiger partial charge in [-0.3, -0.25) is 4.98 Å². The Morgan fingerprint density at radius 3 is 2.68 bits per heavy atom. The fourth-order valence-electron chi connectivity index (χ4n) is 3.86. The first-order valence-corrected chi connectivity index (χ1v) is 11.4. The van der Waals surface area contributed by atoms with E-state index in [1.807, 2.05) is 23.1 Å². The first-order chi connectivity index (χ1) is 16.3. The average Bonchev–Trinajstić information content (AvgIpc) is 2.85. The van der Waals surface area contributed by atoms with E-state index >= 15 is 0 Å². The fourth-order valence-corrected chi connectivity index (χ4v) is 4.31. The molecule has 3 aromatic rings. The molecule has 1 aliphatic heterocycles. The second-order valence-corrected chi connectivity index (χ2v) is 8.82. The van der Waals surface area contributed by atoms with Crippen LogP contribution in [0.2, 0.25) is 0 Å². The predicted molar refractivity (Wildman–Crippen MR) is 130 cm³/mol. The van der Waals surface area contributed by atoms with Crippen molar-refractivity contribution < 1.29 is 18.7 Å². The van der Waals surface area contributed by atoms with Crippen molar-refractivity contribution in [1.29, 1.82) is 5.41 Å². The number of carboxylic acid groups (broad SMARTS) is 1. The van der Waals surface area contributed by atoms with Crippen LogP contribution >= 0.6 is 15.9 Å². The van der Waals surface area contributed by atoms with E-state index in [-0.39, 0.29) is 6.04 Å². The zero-order valence-electron chi connectivity index (χ0n) is 18.0. The number of alkyl halides is 2. The van der Waals surface area contributed by atoms with Crippen LogP contribution in [0.1, 0.15) is 24.1 Å².